The molecule has 2 aliphatic rings. The number of anilines is 2. The van der Waals surface area contributed by atoms with Crippen LogP contribution in [0.15, 0.2) is 18.3 Å². The second-order valence-electron chi connectivity index (χ2n) is 6.00. The standard InChI is InChI=1S/C17H19N7O2/c18-11-13-1-2-14(19-12-13)15-20-16(23-3-7-25-8-4-23)22-17(21-15)24-5-9-26-10-6-24/h1-2,12H,3-10H2. The van der Waals surface area contributed by atoms with Gasteiger partial charge in [-0.25, -0.2) is 0 Å². The van der Waals surface area contributed by atoms with Crippen molar-refractivity contribution in [3.05, 3.63) is 23.9 Å². The van der Waals surface area contributed by atoms with Crippen LogP contribution in [-0.4, -0.2) is 72.5 Å². The van der Waals surface area contributed by atoms with E-state index in [1.165, 1.54) is 6.20 Å². The van der Waals surface area contributed by atoms with Crippen molar-refractivity contribution in [2.24, 2.45) is 0 Å². The molecule has 4 rings (SSSR count). The van der Waals surface area contributed by atoms with Gasteiger partial charge in [0.2, 0.25) is 11.9 Å². The molecule has 9 nitrogen and oxygen atoms in total. The summed E-state index contributed by atoms with van der Waals surface area (Å²) in [6.07, 6.45) is 1.53. The monoisotopic (exact) mass is 353 g/mol. The Morgan fingerprint density at radius 1 is 0.846 bits per heavy atom. The third-order valence-electron chi connectivity index (χ3n) is 4.32. The van der Waals surface area contributed by atoms with E-state index in [4.69, 9.17) is 14.7 Å². The molecule has 0 N–H and O–H groups in total. The van der Waals surface area contributed by atoms with Crippen LogP contribution in [0.25, 0.3) is 11.5 Å². The van der Waals surface area contributed by atoms with E-state index in [0.29, 0.717) is 55.4 Å². The minimum Gasteiger partial charge on any atom is -0.378 e. The van der Waals surface area contributed by atoms with E-state index in [2.05, 4.69) is 35.8 Å². The Morgan fingerprint density at radius 3 is 1.88 bits per heavy atom. The Hall–Kier alpha value is -2.83. The van der Waals surface area contributed by atoms with Crippen molar-refractivity contribution < 1.29 is 9.47 Å². The Kier molecular flexibility index (Phi) is 4.86. The first kappa shape index (κ1) is 16.6. The molecule has 0 aromatic carbocycles. The van der Waals surface area contributed by atoms with Crippen LogP contribution in [0.3, 0.4) is 0 Å². The minimum absolute atomic E-state index is 0.504. The summed E-state index contributed by atoms with van der Waals surface area (Å²) in [6, 6.07) is 5.55. The van der Waals surface area contributed by atoms with Crippen molar-refractivity contribution in [3.8, 4) is 17.6 Å². The highest BCUT2D eigenvalue weighted by Gasteiger charge is 2.21. The summed E-state index contributed by atoms with van der Waals surface area (Å²) in [7, 11) is 0. The van der Waals surface area contributed by atoms with Gasteiger partial charge in [0.05, 0.1) is 32.0 Å². The smallest absolute Gasteiger partial charge is 0.230 e. The summed E-state index contributed by atoms with van der Waals surface area (Å²) >= 11 is 0. The van der Waals surface area contributed by atoms with Gasteiger partial charge >= 0.3 is 0 Å². The van der Waals surface area contributed by atoms with Crippen molar-refractivity contribution >= 4 is 11.9 Å². The Bertz CT molecular complexity index is 757. The number of hydrogen-bond acceptors (Lipinski definition) is 9. The molecule has 0 saturated carbocycles. The lowest BCUT2D eigenvalue weighted by Crippen LogP contribution is -2.40. The summed E-state index contributed by atoms with van der Waals surface area (Å²) < 4.78 is 10.9. The second kappa shape index (κ2) is 7.59. The summed E-state index contributed by atoms with van der Waals surface area (Å²) in [6.45, 7) is 5.59. The van der Waals surface area contributed by atoms with Crippen LogP contribution < -0.4 is 9.80 Å². The van der Waals surface area contributed by atoms with Crippen molar-refractivity contribution in [2.75, 3.05) is 62.4 Å². The molecule has 9 heteroatoms. The van der Waals surface area contributed by atoms with Crippen molar-refractivity contribution in [1.29, 1.82) is 5.26 Å². The fourth-order valence-electron chi connectivity index (χ4n) is 2.87. The molecule has 0 bridgehead atoms. The van der Waals surface area contributed by atoms with Crippen LogP contribution in [0.5, 0.6) is 0 Å². The maximum Gasteiger partial charge on any atom is 0.230 e. The third-order valence-corrected chi connectivity index (χ3v) is 4.32. The molecule has 4 heterocycles. The average molecular weight is 353 g/mol. The van der Waals surface area contributed by atoms with Crippen LogP contribution in [-0.2, 0) is 9.47 Å². The lowest BCUT2D eigenvalue weighted by molar-refractivity contribution is 0.121. The molecular weight excluding hydrogens is 334 g/mol. The number of nitriles is 1. The lowest BCUT2D eigenvalue weighted by atomic mass is 10.2. The van der Waals surface area contributed by atoms with Gasteiger partial charge in [0.25, 0.3) is 0 Å². The molecule has 2 aromatic heterocycles. The molecule has 2 saturated heterocycles. The average Bonchev–Trinajstić information content (AvgIpc) is 2.75. The minimum atomic E-state index is 0.504. The van der Waals surface area contributed by atoms with Crippen molar-refractivity contribution in [3.63, 3.8) is 0 Å². The largest absolute Gasteiger partial charge is 0.378 e. The zero-order valence-corrected chi connectivity index (χ0v) is 14.3. The highest BCUT2D eigenvalue weighted by molar-refractivity contribution is 5.55. The molecule has 2 aromatic rings. The molecule has 0 atom stereocenters. The predicted molar refractivity (Wildman–Crippen MR) is 93.8 cm³/mol. The van der Waals surface area contributed by atoms with E-state index in [1.54, 1.807) is 12.1 Å². The zero-order valence-electron chi connectivity index (χ0n) is 14.3. The number of rotatable bonds is 3. The molecule has 0 aliphatic carbocycles. The number of aromatic nitrogens is 4. The van der Waals surface area contributed by atoms with Crippen LogP contribution >= 0.6 is 0 Å². The van der Waals surface area contributed by atoms with E-state index in [9.17, 15) is 0 Å². The van der Waals surface area contributed by atoms with Gasteiger partial charge in [-0.2, -0.15) is 20.2 Å². The summed E-state index contributed by atoms with van der Waals surface area (Å²) in [5.41, 5.74) is 1.13. The van der Waals surface area contributed by atoms with Crippen LogP contribution in [0.4, 0.5) is 11.9 Å². The van der Waals surface area contributed by atoms with Crippen LogP contribution in [0, 0.1) is 11.3 Å². The second-order valence-corrected chi connectivity index (χ2v) is 6.00. The van der Waals surface area contributed by atoms with Crippen molar-refractivity contribution in [1.82, 2.24) is 19.9 Å². The highest BCUT2D eigenvalue weighted by Crippen LogP contribution is 2.21. The number of ether oxygens (including phenoxy) is 2. The fraction of sp³-hybridized carbons (Fsp3) is 0.471. The van der Waals surface area contributed by atoms with E-state index in [1.807, 2.05) is 0 Å². The Balaban J connectivity index is 1.72. The van der Waals surface area contributed by atoms with Crippen molar-refractivity contribution in [2.45, 2.75) is 0 Å². The maximum atomic E-state index is 8.96. The normalized spacial score (nSPS) is 17.8. The quantitative estimate of drug-likeness (QED) is 0.779. The third kappa shape index (κ3) is 3.56. The molecule has 2 aliphatic heterocycles. The Morgan fingerprint density at radius 2 is 1.42 bits per heavy atom. The number of morpholine rings is 2. The van der Waals surface area contributed by atoms with Gasteiger partial charge in [-0.1, -0.05) is 0 Å². The SMILES string of the molecule is N#Cc1ccc(-c2nc(N3CCOCC3)nc(N3CCOCC3)n2)nc1. The van der Waals surface area contributed by atoms with E-state index in [-0.39, 0.29) is 0 Å². The predicted octanol–water partition coefficient (Wildman–Crippen LogP) is 0.478. The Labute approximate surface area is 151 Å². The van der Waals surface area contributed by atoms with Gasteiger partial charge < -0.3 is 19.3 Å². The molecule has 26 heavy (non-hydrogen) atoms. The van der Waals surface area contributed by atoms with Gasteiger partial charge in [-0.15, -0.1) is 0 Å². The summed E-state index contributed by atoms with van der Waals surface area (Å²) in [5, 5.41) is 8.96. The molecule has 0 unspecified atom stereocenters. The first-order valence-electron chi connectivity index (χ1n) is 8.61. The van der Waals surface area contributed by atoms with Gasteiger partial charge in [-0.05, 0) is 12.1 Å². The number of nitrogens with zero attached hydrogens (tertiary/aromatic N) is 7. The summed E-state index contributed by atoms with van der Waals surface area (Å²) in [4.78, 5) is 22.5. The number of pyridine rings is 1. The summed E-state index contributed by atoms with van der Waals surface area (Å²) in [5.74, 6) is 1.77. The van der Waals surface area contributed by atoms with E-state index in [0.717, 1.165) is 26.2 Å². The molecule has 134 valence electrons. The van der Waals surface area contributed by atoms with Crippen LogP contribution in [0.2, 0.25) is 0 Å². The van der Waals surface area contributed by atoms with Gasteiger partial charge in [0.1, 0.15) is 11.8 Å². The molecule has 0 radical (unpaired) electrons. The maximum absolute atomic E-state index is 8.96. The highest BCUT2D eigenvalue weighted by atomic mass is 16.5. The molecule has 0 amide bonds. The number of hydrogen-bond donors (Lipinski definition) is 0. The molecule has 2 fully saturated rings. The topological polar surface area (TPSA) is 100 Å². The van der Waals surface area contributed by atoms with E-state index >= 15 is 0 Å². The van der Waals surface area contributed by atoms with Gasteiger partial charge in [0.15, 0.2) is 5.82 Å². The van der Waals surface area contributed by atoms with Crippen LogP contribution in [0.1, 0.15) is 5.56 Å². The lowest BCUT2D eigenvalue weighted by Gasteiger charge is -2.30. The fourth-order valence-corrected chi connectivity index (χ4v) is 2.87. The van der Waals surface area contributed by atoms with Gasteiger partial charge in [0, 0.05) is 32.4 Å². The first-order chi connectivity index (χ1) is 12.8. The van der Waals surface area contributed by atoms with Gasteiger partial charge in [-0.3, -0.25) is 4.98 Å². The molecule has 0 spiro atoms. The molecular formula is C17H19N7O2. The van der Waals surface area contributed by atoms with E-state index < -0.39 is 0 Å². The zero-order chi connectivity index (χ0) is 17.8. The first-order valence-corrected chi connectivity index (χ1v) is 8.61.